The number of aliphatic hydroxyl groups excluding tert-OH is 1. The Bertz CT molecular complexity index is 726. The molecule has 1 fully saturated rings. The van der Waals surface area contributed by atoms with Crippen molar-refractivity contribution < 1.29 is 5.11 Å². The third-order valence-electron chi connectivity index (χ3n) is 4.16. The van der Waals surface area contributed by atoms with E-state index in [1.807, 2.05) is 19.1 Å². The highest BCUT2D eigenvalue weighted by Gasteiger charge is 2.22. The van der Waals surface area contributed by atoms with E-state index in [0.717, 1.165) is 42.6 Å². The van der Waals surface area contributed by atoms with Gasteiger partial charge in [-0.25, -0.2) is 0 Å². The van der Waals surface area contributed by atoms with Gasteiger partial charge in [0, 0.05) is 35.7 Å². The highest BCUT2D eigenvalue weighted by Crippen LogP contribution is 2.24. The minimum Gasteiger partial charge on any atom is -0.392 e. The Labute approximate surface area is 128 Å². The summed E-state index contributed by atoms with van der Waals surface area (Å²) >= 11 is 6.01. The van der Waals surface area contributed by atoms with Crippen LogP contribution in [-0.2, 0) is 13.0 Å². The summed E-state index contributed by atoms with van der Waals surface area (Å²) in [6.45, 7) is 4.36. The molecule has 0 radical (unpaired) electrons. The van der Waals surface area contributed by atoms with E-state index in [-0.39, 0.29) is 11.7 Å². The number of H-pyrrole nitrogens is 1. The molecule has 21 heavy (non-hydrogen) atoms. The van der Waals surface area contributed by atoms with Crippen LogP contribution in [0.4, 0.5) is 0 Å². The van der Waals surface area contributed by atoms with E-state index in [1.54, 1.807) is 6.07 Å². The summed E-state index contributed by atoms with van der Waals surface area (Å²) in [7, 11) is 0. The second-order valence-corrected chi connectivity index (χ2v) is 6.07. The van der Waals surface area contributed by atoms with Crippen LogP contribution in [0, 0.1) is 0 Å². The van der Waals surface area contributed by atoms with Crippen molar-refractivity contribution in [3.05, 3.63) is 44.8 Å². The smallest absolute Gasteiger partial charge is 0.256 e. The zero-order valence-corrected chi connectivity index (χ0v) is 12.8. The Morgan fingerprint density at radius 3 is 2.90 bits per heavy atom. The predicted octanol–water partition coefficient (Wildman–Crippen LogP) is 2.31. The van der Waals surface area contributed by atoms with E-state index in [4.69, 9.17) is 11.6 Å². The molecule has 0 bridgehead atoms. The lowest BCUT2D eigenvalue weighted by atomic mass is 10.0. The standard InChI is InChI=1S/C16H19ClN2O2/c1-2-15-14(9-19-6-5-11(20)8-19)12-4-3-10(17)7-13(12)16(21)18-15/h3-4,7,11,20H,2,5-6,8-9H2,1H3,(H,18,21). The van der Waals surface area contributed by atoms with Gasteiger partial charge in [0.25, 0.3) is 5.56 Å². The number of pyridine rings is 1. The van der Waals surface area contributed by atoms with Crippen molar-refractivity contribution in [2.24, 2.45) is 0 Å². The third kappa shape index (κ3) is 2.84. The van der Waals surface area contributed by atoms with Crippen molar-refractivity contribution in [1.82, 2.24) is 9.88 Å². The van der Waals surface area contributed by atoms with Crippen molar-refractivity contribution in [3.8, 4) is 0 Å². The Balaban J connectivity index is 2.10. The van der Waals surface area contributed by atoms with Crippen LogP contribution in [0.5, 0.6) is 0 Å². The van der Waals surface area contributed by atoms with Crippen LogP contribution in [0.1, 0.15) is 24.6 Å². The van der Waals surface area contributed by atoms with E-state index in [9.17, 15) is 9.90 Å². The van der Waals surface area contributed by atoms with Gasteiger partial charge in [-0.1, -0.05) is 24.6 Å². The van der Waals surface area contributed by atoms with Crippen LogP contribution in [0.3, 0.4) is 0 Å². The maximum Gasteiger partial charge on any atom is 0.256 e. The SMILES string of the molecule is CCc1[nH]c(=O)c2cc(Cl)ccc2c1CN1CCC(O)C1. The molecule has 0 amide bonds. The van der Waals surface area contributed by atoms with E-state index in [2.05, 4.69) is 9.88 Å². The summed E-state index contributed by atoms with van der Waals surface area (Å²) in [5.74, 6) is 0. The van der Waals surface area contributed by atoms with Gasteiger partial charge in [-0.15, -0.1) is 0 Å². The van der Waals surface area contributed by atoms with Gasteiger partial charge >= 0.3 is 0 Å². The minimum absolute atomic E-state index is 0.0884. The lowest BCUT2D eigenvalue weighted by Crippen LogP contribution is -2.24. The number of aromatic nitrogens is 1. The number of fused-ring (bicyclic) bond motifs is 1. The van der Waals surface area contributed by atoms with E-state index >= 15 is 0 Å². The number of aliphatic hydroxyl groups is 1. The molecule has 1 aliphatic heterocycles. The van der Waals surface area contributed by atoms with Crippen LogP contribution >= 0.6 is 11.6 Å². The highest BCUT2D eigenvalue weighted by atomic mass is 35.5. The Morgan fingerprint density at radius 1 is 1.43 bits per heavy atom. The Morgan fingerprint density at radius 2 is 2.24 bits per heavy atom. The molecular formula is C16H19ClN2O2. The van der Waals surface area contributed by atoms with Gasteiger partial charge < -0.3 is 10.1 Å². The van der Waals surface area contributed by atoms with Crippen molar-refractivity contribution in [2.45, 2.75) is 32.4 Å². The molecular weight excluding hydrogens is 288 g/mol. The van der Waals surface area contributed by atoms with E-state index in [0.29, 0.717) is 17.0 Å². The molecule has 1 aromatic carbocycles. The molecule has 2 heterocycles. The van der Waals surface area contributed by atoms with Crippen LogP contribution in [0.25, 0.3) is 10.8 Å². The average Bonchev–Trinajstić information content (AvgIpc) is 2.87. The molecule has 0 saturated carbocycles. The summed E-state index contributed by atoms with van der Waals surface area (Å²) in [5.41, 5.74) is 2.02. The first-order valence-corrected chi connectivity index (χ1v) is 7.70. The number of nitrogens with one attached hydrogen (secondary N) is 1. The number of halogens is 1. The number of nitrogens with zero attached hydrogens (tertiary/aromatic N) is 1. The predicted molar refractivity (Wildman–Crippen MR) is 84.9 cm³/mol. The van der Waals surface area contributed by atoms with Gasteiger partial charge in [0.05, 0.1) is 6.10 Å². The molecule has 4 nitrogen and oxygen atoms in total. The van der Waals surface area contributed by atoms with Crippen molar-refractivity contribution >= 4 is 22.4 Å². The molecule has 2 N–H and O–H groups in total. The van der Waals surface area contributed by atoms with Crippen molar-refractivity contribution in [1.29, 1.82) is 0 Å². The molecule has 112 valence electrons. The first-order chi connectivity index (χ1) is 10.1. The molecule has 1 aromatic heterocycles. The second-order valence-electron chi connectivity index (χ2n) is 5.63. The fourth-order valence-electron chi connectivity index (χ4n) is 3.07. The fourth-order valence-corrected chi connectivity index (χ4v) is 3.24. The number of β-amino-alcohol motifs (C(OH)–C–C–N with tert-alkyl or cyclic N) is 1. The van der Waals surface area contributed by atoms with Gasteiger partial charge in [-0.05, 0) is 35.9 Å². The van der Waals surface area contributed by atoms with Gasteiger partial charge in [0.2, 0.25) is 0 Å². The number of likely N-dealkylation sites (tertiary alicyclic amines) is 1. The van der Waals surface area contributed by atoms with Gasteiger partial charge in [0.1, 0.15) is 0 Å². The number of aryl methyl sites for hydroxylation is 1. The first kappa shape index (κ1) is 14.6. The third-order valence-corrected chi connectivity index (χ3v) is 4.40. The van der Waals surface area contributed by atoms with Gasteiger partial charge in [-0.3, -0.25) is 9.69 Å². The van der Waals surface area contributed by atoms with E-state index in [1.165, 1.54) is 0 Å². The summed E-state index contributed by atoms with van der Waals surface area (Å²) < 4.78 is 0. The fraction of sp³-hybridized carbons (Fsp3) is 0.438. The topological polar surface area (TPSA) is 56.3 Å². The molecule has 1 saturated heterocycles. The summed E-state index contributed by atoms with van der Waals surface area (Å²) in [6.07, 6.45) is 1.35. The molecule has 2 aromatic rings. The Kier molecular flexibility index (Phi) is 4.02. The van der Waals surface area contributed by atoms with Crippen molar-refractivity contribution in [3.63, 3.8) is 0 Å². The number of aromatic amines is 1. The molecule has 3 rings (SSSR count). The van der Waals surface area contributed by atoms with Gasteiger partial charge in [0.15, 0.2) is 0 Å². The number of hydrogen-bond acceptors (Lipinski definition) is 3. The van der Waals surface area contributed by atoms with Crippen LogP contribution in [0.2, 0.25) is 5.02 Å². The molecule has 0 aliphatic carbocycles. The lowest BCUT2D eigenvalue weighted by Gasteiger charge is -2.19. The molecule has 0 spiro atoms. The van der Waals surface area contributed by atoms with Crippen LogP contribution < -0.4 is 5.56 Å². The monoisotopic (exact) mass is 306 g/mol. The largest absolute Gasteiger partial charge is 0.392 e. The quantitative estimate of drug-likeness (QED) is 0.915. The summed E-state index contributed by atoms with van der Waals surface area (Å²) in [4.78, 5) is 17.4. The molecule has 1 unspecified atom stereocenters. The molecule has 1 aliphatic rings. The maximum absolute atomic E-state index is 12.2. The lowest BCUT2D eigenvalue weighted by molar-refractivity contribution is 0.175. The normalized spacial score (nSPS) is 19.5. The zero-order valence-electron chi connectivity index (χ0n) is 12.0. The van der Waals surface area contributed by atoms with Crippen molar-refractivity contribution in [2.75, 3.05) is 13.1 Å². The van der Waals surface area contributed by atoms with E-state index < -0.39 is 0 Å². The van der Waals surface area contributed by atoms with Crippen LogP contribution in [0.15, 0.2) is 23.0 Å². The van der Waals surface area contributed by atoms with Crippen LogP contribution in [-0.4, -0.2) is 34.2 Å². The number of rotatable bonds is 3. The zero-order chi connectivity index (χ0) is 15.0. The minimum atomic E-state index is -0.237. The number of hydrogen-bond donors (Lipinski definition) is 2. The maximum atomic E-state index is 12.2. The molecule has 1 atom stereocenters. The second kappa shape index (κ2) is 5.79. The average molecular weight is 307 g/mol. The molecule has 5 heteroatoms. The summed E-state index contributed by atoms with van der Waals surface area (Å²) in [5, 5.41) is 11.8. The first-order valence-electron chi connectivity index (χ1n) is 7.32. The number of benzene rings is 1. The highest BCUT2D eigenvalue weighted by molar-refractivity contribution is 6.31. The Hall–Kier alpha value is -1.36. The van der Waals surface area contributed by atoms with Gasteiger partial charge in [-0.2, -0.15) is 0 Å². The summed E-state index contributed by atoms with van der Waals surface area (Å²) in [6, 6.07) is 5.47.